The second kappa shape index (κ2) is 6.32. The zero-order valence-corrected chi connectivity index (χ0v) is 11.0. The van der Waals surface area contributed by atoms with Crippen LogP contribution in [0.2, 0.25) is 0 Å². The molecule has 0 radical (unpaired) electrons. The van der Waals surface area contributed by atoms with Gasteiger partial charge in [-0.3, -0.25) is 4.79 Å². The molecule has 0 saturated carbocycles. The van der Waals surface area contributed by atoms with E-state index in [1.54, 1.807) is 0 Å². The van der Waals surface area contributed by atoms with Crippen molar-refractivity contribution < 1.29 is 17.9 Å². The van der Waals surface area contributed by atoms with Crippen LogP contribution in [0.4, 0.5) is 0 Å². The van der Waals surface area contributed by atoms with Gasteiger partial charge in [0.15, 0.2) is 9.84 Å². The smallest absolute Gasteiger partial charge is 0.234 e. The van der Waals surface area contributed by atoms with E-state index >= 15 is 0 Å². The third-order valence-electron chi connectivity index (χ3n) is 2.84. The van der Waals surface area contributed by atoms with E-state index in [9.17, 15) is 13.2 Å². The molecule has 2 atom stereocenters. The number of hydrogen-bond donors (Lipinski definition) is 2. The molecule has 0 spiro atoms. The molecule has 1 aliphatic rings. The fraction of sp³-hybridized carbons (Fsp3) is 0.900. The van der Waals surface area contributed by atoms with E-state index in [0.717, 1.165) is 0 Å². The summed E-state index contributed by atoms with van der Waals surface area (Å²) in [7, 11) is -2.04. The van der Waals surface area contributed by atoms with Gasteiger partial charge in [-0.25, -0.2) is 8.42 Å². The molecule has 6 nitrogen and oxygen atoms in total. The van der Waals surface area contributed by atoms with Crippen molar-refractivity contribution in [3.05, 3.63) is 0 Å². The van der Waals surface area contributed by atoms with Gasteiger partial charge in [-0.05, 0) is 13.0 Å². The van der Waals surface area contributed by atoms with Crippen LogP contribution in [0.15, 0.2) is 0 Å². The first-order valence-corrected chi connectivity index (χ1v) is 7.46. The lowest BCUT2D eigenvalue weighted by Crippen LogP contribution is -2.52. The van der Waals surface area contributed by atoms with Gasteiger partial charge < -0.3 is 15.4 Å². The number of carbonyl (C=O) groups is 1. The molecule has 0 bridgehead atoms. The fourth-order valence-electron chi connectivity index (χ4n) is 1.92. The van der Waals surface area contributed by atoms with Crippen molar-refractivity contribution in [2.75, 3.05) is 32.6 Å². The Morgan fingerprint density at radius 1 is 1.47 bits per heavy atom. The van der Waals surface area contributed by atoms with Crippen LogP contribution in [-0.4, -0.2) is 58.2 Å². The Hall–Kier alpha value is -0.660. The van der Waals surface area contributed by atoms with E-state index in [-0.39, 0.29) is 12.6 Å². The van der Waals surface area contributed by atoms with Crippen LogP contribution < -0.4 is 10.6 Å². The quantitative estimate of drug-likeness (QED) is 0.659. The van der Waals surface area contributed by atoms with Gasteiger partial charge in [-0.2, -0.15) is 0 Å². The normalized spacial score (nSPS) is 25.5. The minimum absolute atomic E-state index is 0.122. The van der Waals surface area contributed by atoms with E-state index in [4.69, 9.17) is 4.74 Å². The zero-order chi connectivity index (χ0) is 12.9. The highest BCUT2D eigenvalue weighted by atomic mass is 32.2. The van der Waals surface area contributed by atoms with Crippen molar-refractivity contribution in [3.63, 3.8) is 0 Å². The molecule has 1 fully saturated rings. The average Bonchev–Trinajstić information content (AvgIpc) is 2.29. The summed E-state index contributed by atoms with van der Waals surface area (Å²) < 4.78 is 29.3. The van der Waals surface area contributed by atoms with E-state index in [1.807, 2.05) is 6.92 Å². The highest BCUT2D eigenvalue weighted by molar-refractivity contribution is 7.92. The van der Waals surface area contributed by atoms with E-state index in [1.165, 1.54) is 7.05 Å². The molecule has 0 aromatic heterocycles. The molecule has 17 heavy (non-hydrogen) atoms. The van der Waals surface area contributed by atoms with Gasteiger partial charge in [0.05, 0.1) is 6.61 Å². The molecule has 1 heterocycles. The average molecular weight is 264 g/mol. The van der Waals surface area contributed by atoms with E-state index in [0.29, 0.717) is 19.6 Å². The first kappa shape index (κ1) is 14.4. The first-order chi connectivity index (χ1) is 8.01. The number of carbonyl (C=O) groups excluding carboxylic acids is 1. The summed E-state index contributed by atoms with van der Waals surface area (Å²) >= 11 is 0. The minimum Gasteiger partial charge on any atom is -0.380 e. The Balaban J connectivity index is 2.75. The Morgan fingerprint density at radius 2 is 2.18 bits per heavy atom. The van der Waals surface area contributed by atoms with Crippen LogP contribution in [-0.2, 0) is 19.4 Å². The van der Waals surface area contributed by atoms with Gasteiger partial charge in [0, 0.05) is 19.7 Å². The maximum atomic E-state index is 12.1. The molecule has 0 aromatic rings. The van der Waals surface area contributed by atoms with Crippen LogP contribution in [0.5, 0.6) is 0 Å². The SMILES string of the molecule is CCNC1CCOCC1S(=O)(=O)CC(=O)NC. The number of sulfone groups is 1. The number of rotatable bonds is 5. The molecular formula is C10H20N2O4S. The van der Waals surface area contributed by atoms with Crippen LogP contribution in [0.1, 0.15) is 13.3 Å². The third kappa shape index (κ3) is 3.93. The molecule has 7 heteroatoms. The van der Waals surface area contributed by atoms with Gasteiger partial charge in [0.2, 0.25) is 5.91 Å². The molecule has 1 rings (SSSR count). The number of hydrogen-bond acceptors (Lipinski definition) is 5. The van der Waals surface area contributed by atoms with E-state index in [2.05, 4.69) is 10.6 Å². The van der Waals surface area contributed by atoms with Crippen molar-refractivity contribution in [1.82, 2.24) is 10.6 Å². The maximum Gasteiger partial charge on any atom is 0.234 e. The van der Waals surface area contributed by atoms with Crippen molar-refractivity contribution in [3.8, 4) is 0 Å². The molecule has 1 aliphatic heterocycles. The van der Waals surface area contributed by atoms with Crippen molar-refractivity contribution >= 4 is 15.7 Å². The molecule has 2 N–H and O–H groups in total. The predicted octanol–water partition coefficient (Wildman–Crippen LogP) is -1.09. The molecule has 2 unspecified atom stereocenters. The second-order valence-electron chi connectivity index (χ2n) is 4.05. The maximum absolute atomic E-state index is 12.1. The number of nitrogens with one attached hydrogen (secondary N) is 2. The van der Waals surface area contributed by atoms with Gasteiger partial charge >= 0.3 is 0 Å². The highest BCUT2D eigenvalue weighted by Gasteiger charge is 2.36. The molecule has 0 aromatic carbocycles. The third-order valence-corrected chi connectivity index (χ3v) is 4.89. The van der Waals surface area contributed by atoms with Crippen molar-refractivity contribution in [2.45, 2.75) is 24.6 Å². The van der Waals surface area contributed by atoms with Gasteiger partial charge in [-0.1, -0.05) is 6.92 Å². The largest absolute Gasteiger partial charge is 0.380 e. The summed E-state index contributed by atoms with van der Waals surface area (Å²) in [5, 5.41) is 4.84. The summed E-state index contributed by atoms with van der Waals surface area (Å²) in [6.07, 6.45) is 0.658. The molecule has 1 saturated heterocycles. The summed E-state index contributed by atoms with van der Waals surface area (Å²) in [6.45, 7) is 3.36. The Labute approximate surface area is 102 Å². The molecule has 1 amide bonds. The van der Waals surface area contributed by atoms with E-state index < -0.39 is 26.7 Å². The molecule has 100 valence electrons. The summed E-state index contributed by atoms with van der Waals surface area (Å²) in [5.41, 5.74) is 0. The Morgan fingerprint density at radius 3 is 2.76 bits per heavy atom. The predicted molar refractivity (Wildman–Crippen MR) is 64.5 cm³/mol. The van der Waals surface area contributed by atoms with Crippen LogP contribution >= 0.6 is 0 Å². The van der Waals surface area contributed by atoms with Gasteiger partial charge in [0.1, 0.15) is 11.0 Å². The topological polar surface area (TPSA) is 84.5 Å². The number of amides is 1. The molecular weight excluding hydrogens is 244 g/mol. The lowest BCUT2D eigenvalue weighted by atomic mass is 10.1. The lowest BCUT2D eigenvalue weighted by molar-refractivity contribution is -0.118. The lowest BCUT2D eigenvalue weighted by Gasteiger charge is -2.31. The summed E-state index contributed by atoms with van der Waals surface area (Å²) in [5.74, 6) is -0.954. The first-order valence-electron chi connectivity index (χ1n) is 5.74. The van der Waals surface area contributed by atoms with Crippen LogP contribution in [0, 0.1) is 0 Å². The standard InChI is InChI=1S/C10H20N2O4S/c1-3-12-8-4-5-16-6-9(8)17(14,15)7-10(13)11-2/h8-9,12H,3-7H2,1-2H3,(H,11,13). The van der Waals surface area contributed by atoms with Crippen molar-refractivity contribution in [1.29, 1.82) is 0 Å². The van der Waals surface area contributed by atoms with Gasteiger partial charge in [0.25, 0.3) is 0 Å². The van der Waals surface area contributed by atoms with Gasteiger partial charge in [-0.15, -0.1) is 0 Å². The zero-order valence-electron chi connectivity index (χ0n) is 10.2. The number of ether oxygens (including phenoxy) is 1. The molecule has 0 aliphatic carbocycles. The fourth-order valence-corrected chi connectivity index (χ4v) is 3.68. The minimum atomic E-state index is -3.47. The Kier molecular flexibility index (Phi) is 5.35. The Bertz CT molecular complexity index is 353. The summed E-state index contributed by atoms with van der Waals surface area (Å²) in [6, 6.07) is -0.122. The van der Waals surface area contributed by atoms with Crippen molar-refractivity contribution in [2.24, 2.45) is 0 Å². The van der Waals surface area contributed by atoms with Crippen LogP contribution in [0.3, 0.4) is 0 Å². The highest BCUT2D eigenvalue weighted by Crippen LogP contribution is 2.16. The monoisotopic (exact) mass is 264 g/mol. The van der Waals surface area contributed by atoms with Crippen LogP contribution in [0.25, 0.3) is 0 Å². The summed E-state index contributed by atoms with van der Waals surface area (Å²) in [4.78, 5) is 11.2. The second-order valence-corrected chi connectivity index (χ2v) is 6.27.